The predicted octanol–water partition coefficient (Wildman–Crippen LogP) is 15.1. The molecule has 1 unspecified atom stereocenters. The van der Waals surface area contributed by atoms with Crippen LogP contribution in [-0.4, -0.2) is 12.6 Å². The van der Waals surface area contributed by atoms with E-state index < -0.39 is 0 Å². The van der Waals surface area contributed by atoms with Crippen LogP contribution in [-0.2, 0) is 23.7 Å². The van der Waals surface area contributed by atoms with Gasteiger partial charge in [-0.3, -0.25) is 0 Å². The first-order valence-corrected chi connectivity index (χ1v) is 22.8. The third kappa shape index (κ3) is 5.97. The molecule has 60 heavy (non-hydrogen) atoms. The summed E-state index contributed by atoms with van der Waals surface area (Å²) in [5.74, 6) is 0. The highest BCUT2D eigenvalue weighted by Gasteiger charge is 2.45. The lowest BCUT2D eigenvalue weighted by molar-refractivity contribution is 0.549. The SMILES string of the molecule is CCC1C=CC=CCCc2ccccc2N1c1ccc2c(c1)C(C)(C)c1cc(C=Cc3ccc4c(c3)C3(CCCC3)c3cc(N5CCCc6ccccc65)ccc3-4)ccc1-2. The summed E-state index contributed by atoms with van der Waals surface area (Å²) in [6, 6.07) is 47.4. The molecule has 298 valence electrons. The van der Waals surface area contributed by atoms with Crippen LogP contribution < -0.4 is 9.80 Å². The summed E-state index contributed by atoms with van der Waals surface area (Å²) in [6.45, 7) is 8.23. The van der Waals surface area contributed by atoms with Crippen molar-refractivity contribution in [2.75, 3.05) is 16.3 Å². The molecule has 6 aromatic carbocycles. The fraction of sp³-hybridized carbons (Fsp3) is 0.276. The number of rotatable bonds is 5. The molecule has 1 spiro atoms. The minimum absolute atomic E-state index is 0.111. The highest BCUT2D eigenvalue weighted by Crippen LogP contribution is 2.58. The van der Waals surface area contributed by atoms with Gasteiger partial charge in [-0.15, -0.1) is 0 Å². The minimum atomic E-state index is -0.120. The maximum absolute atomic E-state index is 2.59. The number of hydrogen-bond acceptors (Lipinski definition) is 2. The molecule has 2 aliphatic heterocycles. The topological polar surface area (TPSA) is 6.48 Å². The standard InChI is InChI=1S/C58H56N2/c1-4-44-20-8-6-5-7-16-43-18-10-12-22-56(43)60(44)46-28-32-48-47-29-25-40(36-51(47)57(2,3)52(48)39-46)23-24-41-26-30-49-50-31-27-45(59-35-15-19-42-17-9-11-21-55(42)59)38-54(50)58(53(49)37-41)33-13-14-34-58/h5-6,8-12,17-18,20-32,36-39,44H,4,7,13-16,19,33-35H2,1-3H3. The van der Waals surface area contributed by atoms with Crippen LogP contribution in [0.5, 0.6) is 0 Å². The van der Waals surface area contributed by atoms with Crippen molar-refractivity contribution < 1.29 is 0 Å². The normalized spacial score (nSPS) is 19.2. The zero-order chi connectivity index (χ0) is 40.4. The van der Waals surface area contributed by atoms with Gasteiger partial charge in [-0.25, -0.2) is 0 Å². The number of benzene rings is 6. The maximum atomic E-state index is 2.59. The molecule has 3 aliphatic carbocycles. The Morgan fingerprint density at radius 3 is 1.90 bits per heavy atom. The lowest BCUT2D eigenvalue weighted by atomic mass is 9.76. The van der Waals surface area contributed by atoms with E-state index in [0.717, 1.165) is 25.8 Å². The first-order chi connectivity index (χ1) is 29.4. The third-order valence-corrected chi connectivity index (χ3v) is 14.8. The van der Waals surface area contributed by atoms with Crippen LogP contribution in [0.4, 0.5) is 22.7 Å². The van der Waals surface area contributed by atoms with Crippen LogP contribution in [0.15, 0.2) is 146 Å². The Labute approximate surface area is 357 Å². The lowest BCUT2D eigenvalue weighted by Gasteiger charge is -2.34. The predicted molar refractivity (Wildman–Crippen MR) is 255 cm³/mol. The van der Waals surface area contributed by atoms with E-state index >= 15 is 0 Å². The first kappa shape index (κ1) is 37.2. The zero-order valence-corrected chi connectivity index (χ0v) is 35.6. The number of aryl methyl sites for hydroxylation is 2. The highest BCUT2D eigenvalue weighted by molar-refractivity contribution is 5.88. The van der Waals surface area contributed by atoms with Gasteiger partial charge in [0, 0.05) is 40.1 Å². The van der Waals surface area contributed by atoms with Crippen molar-refractivity contribution in [1.82, 2.24) is 0 Å². The van der Waals surface area contributed by atoms with E-state index in [2.05, 4.69) is 188 Å². The van der Waals surface area contributed by atoms with E-state index in [1.54, 1.807) is 11.1 Å². The molecule has 1 atom stereocenters. The molecule has 6 aromatic rings. The van der Waals surface area contributed by atoms with Crippen molar-refractivity contribution in [3.05, 3.63) is 190 Å². The Balaban J connectivity index is 0.898. The summed E-state index contributed by atoms with van der Waals surface area (Å²) >= 11 is 0. The number of anilines is 4. The van der Waals surface area contributed by atoms with Crippen molar-refractivity contribution >= 4 is 34.9 Å². The lowest BCUT2D eigenvalue weighted by Crippen LogP contribution is -2.30. The fourth-order valence-corrected chi connectivity index (χ4v) is 11.8. The van der Waals surface area contributed by atoms with Gasteiger partial charge in [-0.2, -0.15) is 0 Å². The van der Waals surface area contributed by atoms with E-state index in [-0.39, 0.29) is 16.9 Å². The van der Waals surface area contributed by atoms with Crippen LogP contribution in [0, 0.1) is 0 Å². The monoisotopic (exact) mass is 780 g/mol. The average Bonchev–Trinajstić information content (AvgIpc) is 3.95. The van der Waals surface area contributed by atoms with E-state index in [4.69, 9.17) is 0 Å². The maximum Gasteiger partial charge on any atom is 0.0522 e. The summed E-state index contributed by atoms with van der Waals surface area (Å²) in [6.07, 6.45) is 24.4. The van der Waals surface area contributed by atoms with Crippen LogP contribution in [0.25, 0.3) is 34.4 Å². The van der Waals surface area contributed by atoms with Gasteiger partial charge >= 0.3 is 0 Å². The van der Waals surface area contributed by atoms with Gasteiger partial charge in [-0.1, -0.05) is 155 Å². The summed E-state index contributed by atoms with van der Waals surface area (Å²) < 4.78 is 0. The van der Waals surface area contributed by atoms with E-state index in [1.165, 1.54) is 117 Å². The Morgan fingerprint density at radius 1 is 0.583 bits per heavy atom. The van der Waals surface area contributed by atoms with Gasteiger partial charge in [0.25, 0.3) is 0 Å². The second-order valence-electron chi connectivity index (χ2n) is 18.5. The smallest absolute Gasteiger partial charge is 0.0522 e. The summed E-state index contributed by atoms with van der Waals surface area (Å²) in [7, 11) is 0. The molecular weight excluding hydrogens is 725 g/mol. The van der Waals surface area contributed by atoms with Crippen molar-refractivity contribution in [1.29, 1.82) is 0 Å². The third-order valence-electron chi connectivity index (χ3n) is 14.8. The molecule has 5 aliphatic rings. The van der Waals surface area contributed by atoms with E-state index in [1.807, 2.05) is 0 Å². The van der Waals surface area contributed by atoms with E-state index in [0.29, 0.717) is 0 Å². The van der Waals surface area contributed by atoms with Gasteiger partial charge in [0.2, 0.25) is 0 Å². The Hall–Kier alpha value is -5.86. The average molecular weight is 781 g/mol. The number of allylic oxidation sites excluding steroid dienone is 3. The quantitative estimate of drug-likeness (QED) is 0.161. The summed E-state index contributed by atoms with van der Waals surface area (Å²) in [4.78, 5) is 5.17. The summed E-state index contributed by atoms with van der Waals surface area (Å²) in [5.41, 5.74) is 22.3. The number of fused-ring (bicyclic) bond motifs is 10. The van der Waals surface area contributed by atoms with E-state index in [9.17, 15) is 0 Å². The molecule has 2 heterocycles. The molecule has 0 N–H and O–H groups in total. The second kappa shape index (κ2) is 14.7. The number of hydrogen-bond donors (Lipinski definition) is 0. The number of para-hydroxylation sites is 2. The Bertz CT molecular complexity index is 2730. The number of nitrogens with zero attached hydrogens (tertiary/aromatic N) is 2. The first-order valence-electron chi connectivity index (χ1n) is 22.8. The molecule has 2 nitrogen and oxygen atoms in total. The van der Waals surface area contributed by atoms with Gasteiger partial charge in [0.15, 0.2) is 0 Å². The van der Waals surface area contributed by atoms with Crippen molar-refractivity contribution in [2.24, 2.45) is 0 Å². The Morgan fingerprint density at radius 2 is 1.17 bits per heavy atom. The van der Waals surface area contributed by atoms with Gasteiger partial charge in [-0.05, 0) is 148 Å². The minimum Gasteiger partial charge on any atom is -0.341 e. The molecule has 0 amide bonds. The molecular formula is C58H56N2. The van der Waals surface area contributed by atoms with Gasteiger partial charge < -0.3 is 9.80 Å². The van der Waals surface area contributed by atoms with Gasteiger partial charge in [0.05, 0.1) is 6.04 Å². The van der Waals surface area contributed by atoms with Gasteiger partial charge in [0.1, 0.15) is 0 Å². The second-order valence-corrected chi connectivity index (χ2v) is 18.5. The summed E-state index contributed by atoms with van der Waals surface area (Å²) in [5, 5.41) is 0. The Kier molecular flexibility index (Phi) is 9.10. The molecule has 11 rings (SSSR count). The molecule has 1 saturated carbocycles. The molecule has 1 fully saturated rings. The van der Waals surface area contributed by atoms with Crippen molar-refractivity contribution in [2.45, 2.75) is 95.4 Å². The molecule has 0 saturated heterocycles. The highest BCUT2D eigenvalue weighted by atomic mass is 15.2. The van der Waals surface area contributed by atoms with Crippen molar-refractivity contribution in [3.8, 4) is 22.3 Å². The molecule has 0 bridgehead atoms. The molecule has 0 aromatic heterocycles. The largest absolute Gasteiger partial charge is 0.341 e. The fourth-order valence-electron chi connectivity index (χ4n) is 11.8. The van der Waals surface area contributed by atoms with Crippen LogP contribution >= 0.6 is 0 Å². The van der Waals surface area contributed by atoms with Crippen LogP contribution in [0.2, 0.25) is 0 Å². The molecule has 2 heteroatoms. The van der Waals surface area contributed by atoms with Crippen molar-refractivity contribution in [3.63, 3.8) is 0 Å². The molecule has 0 radical (unpaired) electrons. The van der Waals surface area contributed by atoms with Crippen LogP contribution in [0.1, 0.15) is 110 Å². The van der Waals surface area contributed by atoms with Crippen LogP contribution in [0.3, 0.4) is 0 Å². The zero-order valence-electron chi connectivity index (χ0n) is 35.6.